The van der Waals surface area contributed by atoms with Crippen molar-refractivity contribution >= 4 is 29.4 Å². The van der Waals surface area contributed by atoms with Crippen molar-refractivity contribution in [1.29, 1.82) is 0 Å². The van der Waals surface area contributed by atoms with Crippen molar-refractivity contribution in [3.8, 4) is 0 Å². The predicted molar refractivity (Wildman–Crippen MR) is 72.9 cm³/mol. The average Bonchev–Trinajstić information content (AvgIpc) is 2.38. The first-order valence-corrected chi connectivity index (χ1v) is 7.08. The van der Waals surface area contributed by atoms with Gasteiger partial charge in [-0.15, -0.1) is 0 Å². The molecule has 5 nitrogen and oxygen atoms in total. The van der Waals surface area contributed by atoms with Crippen molar-refractivity contribution in [2.24, 2.45) is 0 Å². The van der Waals surface area contributed by atoms with Gasteiger partial charge in [0.15, 0.2) is 0 Å². The molecule has 0 aromatic heterocycles. The van der Waals surface area contributed by atoms with Crippen LogP contribution < -0.4 is 10.6 Å². The van der Waals surface area contributed by atoms with Gasteiger partial charge in [-0.2, -0.15) is 11.8 Å². The van der Waals surface area contributed by atoms with Gasteiger partial charge >= 0.3 is 12.0 Å². The number of hydrogen-bond acceptors (Lipinski definition) is 3. The molecule has 0 spiro atoms. The third-order valence-electron chi connectivity index (χ3n) is 2.42. The van der Waals surface area contributed by atoms with E-state index in [-0.39, 0.29) is 6.42 Å². The molecule has 1 atom stereocenters. The number of aliphatic carboxylic acids is 1. The van der Waals surface area contributed by atoms with Gasteiger partial charge in [-0.05, 0) is 30.6 Å². The minimum atomic E-state index is -1.21. The van der Waals surface area contributed by atoms with Gasteiger partial charge < -0.3 is 15.7 Å². The fraction of sp³-hybridized carbons (Fsp3) is 0.333. The third-order valence-corrected chi connectivity index (χ3v) is 3.06. The highest BCUT2D eigenvalue weighted by atomic mass is 32.2. The van der Waals surface area contributed by atoms with Crippen LogP contribution in [-0.4, -0.2) is 35.2 Å². The highest BCUT2D eigenvalue weighted by molar-refractivity contribution is 7.98. The van der Waals surface area contributed by atoms with E-state index >= 15 is 0 Å². The minimum absolute atomic E-state index is 0.212. The smallest absolute Gasteiger partial charge is 0.326 e. The number of anilines is 1. The number of benzene rings is 1. The zero-order valence-electron chi connectivity index (χ0n) is 10.7. The van der Waals surface area contributed by atoms with Crippen molar-refractivity contribution in [2.75, 3.05) is 17.3 Å². The van der Waals surface area contributed by atoms with Crippen LogP contribution in [0.2, 0.25) is 0 Å². The maximum Gasteiger partial charge on any atom is 0.326 e. The van der Waals surface area contributed by atoms with Gasteiger partial charge in [0.1, 0.15) is 23.4 Å². The number of halogens is 2. The molecular formula is C12H14F2N2O3S. The van der Waals surface area contributed by atoms with Gasteiger partial charge in [0, 0.05) is 0 Å². The Morgan fingerprint density at radius 3 is 2.45 bits per heavy atom. The summed E-state index contributed by atoms with van der Waals surface area (Å²) in [7, 11) is 0. The Morgan fingerprint density at radius 1 is 1.35 bits per heavy atom. The number of carbonyl (C=O) groups is 2. The molecule has 0 radical (unpaired) electrons. The lowest BCUT2D eigenvalue weighted by atomic mass is 10.2. The second-order valence-electron chi connectivity index (χ2n) is 3.87. The normalized spacial score (nSPS) is 11.8. The molecule has 1 aromatic rings. The quantitative estimate of drug-likeness (QED) is 0.753. The van der Waals surface area contributed by atoms with E-state index in [1.807, 2.05) is 5.32 Å². The number of amides is 2. The molecule has 1 rings (SSSR count). The summed E-state index contributed by atoms with van der Waals surface area (Å²) in [5, 5.41) is 13.1. The van der Waals surface area contributed by atoms with Crippen molar-refractivity contribution in [3.63, 3.8) is 0 Å². The van der Waals surface area contributed by atoms with Crippen molar-refractivity contribution in [3.05, 3.63) is 29.8 Å². The maximum absolute atomic E-state index is 13.3. The molecule has 1 aromatic carbocycles. The summed E-state index contributed by atoms with van der Waals surface area (Å²) >= 11 is 1.43. The molecule has 110 valence electrons. The van der Waals surface area contributed by atoms with E-state index in [0.717, 1.165) is 18.2 Å². The van der Waals surface area contributed by atoms with Crippen LogP contribution in [0.5, 0.6) is 0 Å². The summed E-state index contributed by atoms with van der Waals surface area (Å²) < 4.78 is 26.6. The number of carboxylic acid groups (broad SMARTS) is 1. The van der Waals surface area contributed by atoms with Crippen LogP contribution in [0.3, 0.4) is 0 Å². The summed E-state index contributed by atoms with van der Waals surface area (Å²) in [6.07, 6.45) is 2.01. The largest absolute Gasteiger partial charge is 0.480 e. The number of urea groups is 1. The molecule has 20 heavy (non-hydrogen) atoms. The van der Waals surface area contributed by atoms with E-state index in [0.29, 0.717) is 5.75 Å². The second-order valence-corrected chi connectivity index (χ2v) is 4.85. The zero-order chi connectivity index (χ0) is 15.1. The fourth-order valence-electron chi connectivity index (χ4n) is 1.42. The molecular weight excluding hydrogens is 290 g/mol. The molecule has 0 fully saturated rings. The third kappa shape index (κ3) is 4.69. The Balaban J connectivity index is 2.68. The average molecular weight is 304 g/mol. The molecule has 0 heterocycles. The van der Waals surface area contributed by atoms with Crippen LogP contribution in [0.4, 0.5) is 19.3 Å². The lowest BCUT2D eigenvalue weighted by Gasteiger charge is -2.15. The minimum Gasteiger partial charge on any atom is -0.480 e. The molecule has 0 saturated carbocycles. The first-order chi connectivity index (χ1) is 9.45. The van der Waals surface area contributed by atoms with E-state index in [1.54, 1.807) is 6.26 Å². The van der Waals surface area contributed by atoms with Gasteiger partial charge in [0.25, 0.3) is 0 Å². The highest BCUT2D eigenvalue weighted by Crippen LogP contribution is 2.17. The van der Waals surface area contributed by atoms with Gasteiger partial charge in [-0.25, -0.2) is 18.4 Å². The summed E-state index contributed by atoms with van der Waals surface area (Å²) in [5.74, 6) is -2.54. The van der Waals surface area contributed by atoms with Crippen molar-refractivity contribution in [2.45, 2.75) is 12.5 Å². The first-order valence-electron chi connectivity index (χ1n) is 5.69. The Morgan fingerprint density at radius 2 is 1.95 bits per heavy atom. The van der Waals surface area contributed by atoms with Crippen LogP contribution in [0.25, 0.3) is 0 Å². The van der Waals surface area contributed by atoms with Crippen LogP contribution in [0.1, 0.15) is 6.42 Å². The van der Waals surface area contributed by atoms with Crippen LogP contribution in [0.15, 0.2) is 18.2 Å². The van der Waals surface area contributed by atoms with Gasteiger partial charge in [-0.3, -0.25) is 0 Å². The van der Waals surface area contributed by atoms with E-state index < -0.39 is 35.4 Å². The number of para-hydroxylation sites is 1. The summed E-state index contributed by atoms with van der Waals surface area (Å²) in [4.78, 5) is 22.5. The molecule has 0 saturated heterocycles. The summed E-state index contributed by atoms with van der Waals surface area (Å²) in [5.41, 5.74) is -0.612. The number of carbonyl (C=O) groups excluding carboxylic acids is 1. The van der Waals surface area contributed by atoms with E-state index in [4.69, 9.17) is 5.11 Å². The Kier molecular flexibility index (Phi) is 6.23. The Bertz CT molecular complexity index is 479. The van der Waals surface area contributed by atoms with Crippen molar-refractivity contribution < 1.29 is 23.5 Å². The van der Waals surface area contributed by atoms with Gasteiger partial charge in [-0.1, -0.05) is 6.07 Å². The highest BCUT2D eigenvalue weighted by Gasteiger charge is 2.20. The molecule has 0 aliphatic carbocycles. The van der Waals surface area contributed by atoms with Crippen LogP contribution in [0, 0.1) is 11.6 Å². The van der Waals surface area contributed by atoms with Gasteiger partial charge in [0.2, 0.25) is 0 Å². The van der Waals surface area contributed by atoms with Gasteiger partial charge in [0.05, 0.1) is 0 Å². The maximum atomic E-state index is 13.3. The number of nitrogens with one attached hydrogen (secondary N) is 2. The van der Waals surface area contributed by atoms with Crippen LogP contribution >= 0.6 is 11.8 Å². The monoisotopic (exact) mass is 304 g/mol. The predicted octanol–water partition coefficient (Wildman–Crippen LogP) is 2.29. The second kappa shape index (κ2) is 7.68. The van der Waals surface area contributed by atoms with E-state index in [2.05, 4.69) is 5.32 Å². The Labute approximate surface area is 118 Å². The van der Waals surface area contributed by atoms with Crippen LogP contribution in [-0.2, 0) is 4.79 Å². The first kappa shape index (κ1) is 16.2. The number of thioether (sulfide) groups is 1. The number of carboxylic acids is 1. The molecule has 0 aliphatic heterocycles. The van der Waals surface area contributed by atoms with E-state index in [9.17, 15) is 18.4 Å². The lowest BCUT2D eigenvalue weighted by molar-refractivity contribution is -0.139. The van der Waals surface area contributed by atoms with E-state index in [1.165, 1.54) is 11.8 Å². The molecule has 1 unspecified atom stereocenters. The molecule has 3 N–H and O–H groups in total. The summed E-state index contributed by atoms with van der Waals surface area (Å²) in [6, 6.07) is 1.05. The number of hydrogen-bond donors (Lipinski definition) is 3. The molecule has 0 bridgehead atoms. The topological polar surface area (TPSA) is 78.4 Å². The standard InChI is InChI=1S/C12H14F2N2O3S/c1-20-6-5-9(11(17)18)15-12(19)16-10-7(13)3-2-4-8(10)14/h2-4,9H,5-6H2,1H3,(H,17,18)(H2,15,16,19). The zero-order valence-corrected chi connectivity index (χ0v) is 11.5. The molecule has 8 heteroatoms. The lowest BCUT2D eigenvalue weighted by Crippen LogP contribution is -2.43. The fourth-order valence-corrected chi connectivity index (χ4v) is 1.89. The summed E-state index contributed by atoms with van der Waals surface area (Å²) in [6.45, 7) is 0. The number of rotatable bonds is 6. The molecule has 2 amide bonds. The van der Waals surface area contributed by atoms with Crippen molar-refractivity contribution in [1.82, 2.24) is 5.32 Å². The Hall–Kier alpha value is -1.83. The SMILES string of the molecule is CSCCC(NC(=O)Nc1c(F)cccc1F)C(=O)O. The molecule has 0 aliphatic rings.